The van der Waals surface area contributed by atoms with Gasteiger partial charge < -0.3 is 5.73 Å². The fourth-order valence-corrected chi connectivity index (χ4v) is 2.17. The monoisotopic (exact) mass is 245 g/mol. The molecule has 0 aliphatic heterocycles. The van der Waals surface area contributed by atoms with E-state index in [9.17, 15) is 12.8 Å². The Hall–Kier alpha value is -1.47. The lowest BCUT2D eigenvalue weighted by Gasteiger charge is -2.06. The Bertz CT molecular complexity index is 487. The Balaban J connectivity index is 2.79. The average Bonchev–Trinajstić information content (AvgIpc) is 2.17. The van der Waals surface area contributed by atoms with Gasteiger partial charge in [-0.25, -0.2) is 17.5 Å². The minimum absolute atomic E-state index is 0.0218. The first-order valence-electron chi connectivity index (χ1n) is 4.50. The number of sulfonamides is 1. The predicted molar refractivity (Wildman–Crippen MR) is 58.1 cm³/mol. The molecule has 0 saturated heterocycles. The van der Waals surface area contributed by atoms with E-state index in [1.165, 1.54) is 18.2 Å². The molecule has 0 aliphatic rings. The van der Waals surface area contributed by atoms with Crippen molar-refractivity contribution in [2.24, 2.45) is 5.73 Å². The molecule has 1 aromatic rings. The van der Waals surface area contributed by atoms with Crippen LogP contribution in [0, 0.1) is 11.2 Å². The smallest absolute Gasteiger partial charge is 0.243 e. The Morgan fingerprint density at radius 3 is 2.62 bits per heavy atom. The molecule has 88 valence electrons. The van der Waals surface area contributed by atoms with Crippen LogP contribution in [0.25, 0.3) is 0 Å². The fourth-order valence-electron chi connectivity index (χ4n) is 1.06. The van der Waals surface area contributed by atoms with Crippen LogP contribution in [0.5, 0.6) is 0 Å². The first-order valence-corrected chi connectivity index (χ1v) is 5.99. The highest BCUT2D eigenvalue weighted by atomic mass is 32.2. The van der Waals surface area contributed by atoms with Crippen LogP contribution in [0.4, 0.5) is 4.39 Å². The molecule has 0 aliphatic carbocycles. The van der Waals surface area contributed by atoms with Crippen LogP contribution in [0.3, 0.4) is 0 Å². The summed E-state index contributed by atoms with van der Waals surface area (Å²) in [5.74, 6) is -0.936. The lowest BCUT2D eigenvalue weighted by molar-refractivity contribution is 0.558. The lowest BCUT2D eigenvalue weighted by atomic mass is 10.4. The molecule has 0 saturated carbocycles. The van der Waals surface area contributed by atoms with Gasteiger partial charge in [0.2, 0.25) is 10.0 Å². The minimum atomic E-state index is -3.86. The maximum absolute atomic E-state index is 13.2. The summed E-state index contributed by atoms with van der Waals surface area (Å²) in [6.45, 7) is -0.0218. The highest BCUT2D eigenvalue weighted by Crippen LogP contribution is 2.12. The van der Waals surface area contributed by atoms with Gasteiger partial charge in [0.1, 0.15) is 10.7 Å². The van der Waals surface area contributed by atoms with E-state index in [0.29, 0.717) is 0 Å². The zero-order valence-electron chi connectivity index (χ0n) is 8.40. The third-order valence-corrected chi connectivity index (χ3v) is 3.31. The summed E-state index contributed by atoms with van der Waals surface area (Å²) in [6, 6.07) is 5.08. The van der Waals surface area contributed by atoms with Crippen LogP contribution in [0.15, 0.2) is 29.2 Å². The van der Waals surface area contributed by atoms with E-state index in [-0.39, 0.29) is 18.8 Å². The van der Waals surface area contributed by atoms with Crippen molar-refractivity contribution in [1.29, 1.82) is 5.41 Å². The highest BCUT2D eigenvalue weighted by molar-refractivity contribution is 7.89. The third kappa shape index (κ3) is 3.28. The van der Waals surface area contributed by atoms with Crippen LogP contribution >= 0.6 is 0 Å². The number of hydrogen-bond acceptors (Lipinski definition) is 3. The second kappa shape index (κ2) is 5.04. The van der Waals surface area contributed by atoms with Gasteiger partial charge in [0.15, 0.2) is 0 Å². The summed E-state index contributed by atoms with van der Waals surface area (Å²) in [7, 11) is -3.86. The molecule has 0 heterocycles. The van der Waals surface area contributed by atoms with Crippen LogP contribution in [0.1, 0.15) is 6.42 Å². The summed E-state index contributed by atoms with van der Waals surface area (Å²) in [5, 5.41) is 6.92. The van der Waals surface area contributed by atoms with Gasteiger partial charge >= 0.3 is 0 Å². The molecule has 0 unspecified atom stereocenters. The average molecular weight is 245 g/mol. The normalized spacial score (nSPS) is 11.3. The van der Waals surface area contributed by atoms with Gasteiger partial charge in [-0.15, -0.1) is 0 Å². The Morgan fingerprint density at radius 1 is 1.44 bits per heavy atom. The van der Waals surface area contributed by atoms with E-state index in [2.05, 4.69) is 4.72 Å². The number of nitrogens with one attached hydrogen (secondary N) is 2. The predicted octanol–water partition coefficient (Wildman–Crippen LogP) is 0.430. The number of rotatable bonds is 5. The van der Waals surface area contributed by atoms with Crippen LogP contribution < -0.4 is 10.5 Å². The molecule has 0 amide bonds. The molecule has 1 aromatic carbocycles. The SMILES string of the molecule is N=C(N)CCNS(=O)(=O)c1ccccc1F. The van der Waals surface area contributed by atoms with Crippen molar-refractivity contribution in [3.05, 3.63) is 30.1 Å². The van der Waals surface area contributed by atoms with E-state index < -0.39 is 20.7 Å². The molecule has 0 bridgehead atoms. The Kier molecular flexibility index (Phi) is 3.97. The number of amidine groups is 1. The van der Waals surface area contributed by atoms with Gasteiger partial charge in [0.05, 0.1) is 5.84 Å². The Labute approximate surface area is 93.0 Å². The molecule has 1 rings (SSSR count). The standard InChI is InChI=1S/C9H12FN3O2S/c10-7-3-1-2-4-8(7)16(14,15)13-6-5-9(11)12/h1-4,13H,5-6H2,(H3,11,12). The van der Waals surface area contributed by atoms with E-state index in [1.807, 2.05) is 0 Å². The number of halogens is 1. The van der Waals surface area contributed by atoms with Gasteiger partial charge in [0.25, 0.3) is 0 Å². The molecule has 7 heteroatoms. The van der Waals surface area contributed by atoms with E-state index >= 15 is 0 Å². The lowest BCUT2D eigenvalue weighted by Crippen LogP contribution is -2.28. The van der Waals surface area contributed by atoms with Crippen molar-refractivity contribution in [2.75, 3.05) is 6.54 Å². The number of hydrogen-bond donors (Lipinski definition) is 3. The fraction of sp³-hybridized carbons (Fsp3) is 0.222. The van der Waals surface area contributed by atoms with Gasteiger partial charge in [0, 0.05) is 13.0 Å². The van der Waals surface area contributed by atoms with Crippen LogP contribution in [-0.2, 0) is 10.0 Å². The zero-order chi connectivity index (χ0) is 12.2. The summed E-state index contributed by atoms with van der Waals surface area (Å²) < 4.78 is 38.5. The van der Waals surface area contributed by atoms with Crippen LogP contribution in [-0.4, -0.2) is 20.8 Å². The first-order chi connectivity index (χ1) is 7.43. The molecule has 0 atom stereocenters. The number of benzene rings is 1. The van der Waals surface area contributed by atoms with Gasteiger partial charge in [-0.3, -0.25) is 5.41 Å². The van der Waals surface area contributed by atoms with Crippen molar-refractivity contribution in [2.45, 2.75) is 11.3 Å². The van der Waals surface area contributed by atoms with Crippen LogP contribution in [0.2, 0.25) is 0 Å². The van der Waals surface area contributed by atoms with Gasteiger partial charge in [-0.1, -0.05) is 12.1 Å². The second-order valence-corrected chi connectivity index (χ2v) is 4.84. The quantitative estimate of drug-likeness (QED) is 0.518. The molecule has 5 nitrogen and oxygen atoms in total. The van der Waals surface area contributed by atoms with Crippen molar-refractivity contribution < 1.29 is 12.8 Å². The molecule has 0 spiro atoms. The molecule has 0 fully saturated rings. The summed E-state index contributed by atoms with van der Waals surface area (Å²) in [4.78, 5) is -0.404. The second-order valence-electron chi connectivity index (χ2n) is 3.10. The minimum Gasteiger partial charge on any atom is -0.388 e. The van der Waals surface area contributed by atoms with Crippen molar-refractivity contribution in [3.8, 4) is 0 Å². The van der Waals surface area contributed by atoms with Crippen molar-refractivity contribution in [1.82, 2.24) is 4.72 Å². The summed E-state index contributed by atoms with van der Waals surface area (Å²) in [6.07, 6.45) is 0.0910. The first kappa shape index (κ1) is 12.6. The zero-order valence-corrected chi connectivity index (χ0v) is 9.22. The van der Waals surface area contributed by atoms with Crippen molar-refractivity contribution in [3.63, 3.8) is 0 Å². The maximum Gasteiger partial charge on any atom is 0.243 e. The topological polar surface area (TPSA) is 96.0 Å². The molecule has 16 heavy (non-hydrogen) atoms. The van der Waals surface area contributed by atoms with E-state index in [4.69, 9.17) is 11.1 Å². The summed E-state index contributed by atoms with van der Waals surface area (Å²) >= 11 is 0. The summed E-state index contributed by atoms with van der Waals surface area (Å²) in [5.41, 5.74) is 5.06. The van der Waals surface area contributed by atoms with E-state index in [1.54, 1.807) is 0 Å². The molecule has 4 N–H and O–H groups in total. The van der Waals surface area contributed by atoms with Gasteiger partial charge in [-0.05, 0) is 12.1 Å². The molecule has 0 radical (unpaired) electrons. The largest absolute Gasteiger partial charge is 0.388 e. The third-order valence-electron chi connectivity index (χ3n) is 1.81. The van der Waals surface area contributed by atoms with E-state index in [0.717, 1.165) is 6.07 Å². The Morgan fingerprint density at radius 2 is 2.06 bits per heavy atom. The van der Waals surface area contributed by atoms with Gasteiger partial charge in [-0.2, -0.15) is 0 Å². The van der Waals surface area contributed by atoms with Crippen molar-refractivity contribution >= 4 is 15.9 Å². The number of nitrogens with two attached hydrogens (primary N) is 1. The molecular weight excluding hydrogens is 233 g/mol. The molecular formula is C9H12FN3O2S. The molecule has 0 aromatic heterocycles. The highest BCUT2D eigenvalue weighted by Gasteiger charge is 2.17. The maximum atomic E-state index is 13.2.